The molecule has 0 saturated carbocycles. The zero-order valence-electron chi connectivity index (χ0n) is 29.5. The van der Waals surface area contributed by atoms with Gasteiger partial charge >= 0.3 is 0 Å². The topological polar surface area (TPSA) is 94.8 Å². The van der Waals surface area contributed by atoms with E-state index in [9.17, 15) is 4.79 Å². The van der Waals surface area contributed by atoms with Gasteiger partial charge in [0, 0.05) is 17.7 Å². The second-order valence-corrected chi connectivity index (χ2v) is 13.1. The summed E-state index contributed by atoms with van der Waals surface area (Å²) in [6, 6.07) is 40.5. The van der Waals surface area contributed by atoms with Crippen LogP contribution in [0.1, 0.15) is 28.4 Å². The van der Waals surface area contributed by atoms with Crippen LogP contribution in [0.4, 0.5) is 0 Å². The van der Waals surface area contributed by atoms with Crippen LogP contribution in [0.2, 0.25) is 0 Å². The van der Waals surface area contributed by atoms with E-state index in [0.717, 1.165) is 22.3 Å². The van der Waals surface area contributed by atoms with Crippen molar-refractivity contribution in [3.63, 3.8) is 0 Å². The molecule has 0 N–H and O–H groups in total. The van der Waals surface area contributed by atoms with Gasteiger partial charge < -0.3 is 37.6 Å². The largest absolute Gasteiger partial charge is 0.497 e. The fraction of sp³-hybridized carbons (Fsp3) is 0.250. The lowest BCUT2D eigenvalue weighted by Gasteiger charge is -2.43. The number of rotatable bonds is 13. The highest BCUT2D eigenvalue weighted by molar-refractivity contribution is 5.89. The maximum Gasteiger partial charge on any atom is 0.197 e. The summed E-state index contributed by atoms with van der Waals surface area (Å²) >= 11 is 0. The van der Waals surface area contributed by atoms with Crippen molar-refractivity contribution >= 4 is 11.0 Å². The van der Waals surface area contributed by atoms with E-state index >= 15 is 0 Å². The molecule has 1 saturated heterocycles. The van der Waals surface area contributed by atoms with Gasteiger partial charge in [-0.25, -0.2) is 0 Å². The van der Waals surface area contributed by atoms with Crippen molar-refractivity contribution in [2.24, 2.45) is 0 Å². The second kappa shape index (κ2) is 15.7. The minimum atomic E-state index is -0.660. The van der Waals surface area contributed by atoms with Gasteiger partial charge in [-0.15, -0.1) is 0 Å². The van der Waals surface area contributed by atoms with Gasteiger partial charge in [0.15, 0.2) is 11.5 Å². The maximum absolute atomic E-state index is 13.9. The summed E-state index contributed by atoms with van der Waals surface area (Å²) in [4.78, 5) is 13.9. The van der Waals surface area contributed by atoms with E-state index in [1.807, 2.05) is 115 Å². The van der Waals surface area contributed by atoms with E-state index in [-0.39, 0.29) is 12.0 Å². The molecular weight excluding hydrogens is 672 g/mol. The van der Waals surface area contributed by atoms with Crippen LogP contribution in [0.15, 0.2) is 137 Å². The van der Waals surface area contributed by atoms with E-state index < -0.39 is 30.5 Å². The molecule has 0 aliphatic carbocycles. The third-order valence-corrected chi connectivity index (χ3v) is 9.70. The number of methoxy groups -OCH3 is 2. The lowest BCUT2D eigenvalue weighted by atomic mass is 9.91. The highest BCUT2D eigenvalue weighted by atomic mass is 16.6. The number of fused-ring (bicyclic) bond motifs is 4. The first-order valence-corrected chi connectivity index (χ1v) is 17.7. The van der Waals surface area contributed by atoms with Crippen LogP contribution in [0.25, 0.3) is 22.3 Å². The molecule has 8 rings (SSSR count). The molecule has 5 aromatic carbocycles. The SMILES string of the molecule is COc1ccc(-c2cc(=O)c3c(OC)c4c(cc3o2)O[C@H]2[C@@H](OCc3ccccc3)[C@H](OCc3ccccc3)[C@@H](COCc3ccccc3)O[C@@H]42)cc1. The molecule has 270 valence electrons. The first kappa shape index (κ1) is 34.6. The molecular formula is C44H40O9. The van der Waals surface area contributed by atoms with Crippen molar-refractivity contribution in [2.75, 3.05) is 20.8 Å². The van der Waals surface area contributed by atoms with E-state index in [4.69, 9.17) is 37.6 Å². The van der Waals surface area contributed by atoms with E-state index in [1.54, 1.807) is 13.2 Å². The van der Waals surface area contributed by atoms with Crippen molar-refractivity contribution in [3.8, 4) is 28.6 Å². The highest BCUT2D eigenvalue weighted by Gasteiger charge is 2.54. The molecule has 0 amide bonds. The Bertz CT molecular complexity index is 2190. The maximum atomic E-state index is 13.9. The average Bonchev–Trinajstić information content (AvgIpc) is 3.57. The number of ether oxygens (including phenoxy) is 7. The Labute approximate surface area is 307 Å². The molecule has 3 heterocycles. The number of hydrogen-bond donors (Lipinski definition) is 0. The lowest BCUT2D eigenvalue weighted by Crippen LogP contribution is -2.57. The molecule has 9 nitrogen and oxygen atoms in total. The molecule has 53 heavy (non-hydrogen) atoms. The van der Waals surface area contributed by atoms with Gasteiger partial charge in [0.2, 0.25) is 0 Å². The lowest BCUT2D eigenvalue weighted by molar-refractivity contribution is -0.250. The minimum absolute atomic E-state index is 0.224. The highest BCUT2D eigenvalue weighted by Crippen LogP contribution is 2.52. The van der Waals surface area contributed by atoms with Gasteiger partial charge in [-0.2, -0.15) is 0 Å². The molecule has 2 aliphatic rings. The van der Waals surface area contributed by atoms with Crippen molar-refractivity contribution < 1.29 is 37.6 Å². The molecule has 0 spiro atoms. The monoisotopic (exact) mass is 712 g/mol. The summed E-state index contributed by atoms with van der Waals surface area (Å²) in [5, 5.41) is 0.303. The molecule has 2 aliphatic heterocycles. The Morgan fingerprint density at radius 3 is 1.87 bits per heavy atom. The quantitative estimate of drug-likeness (QED) is 0.118. The summed E-state index contributed by atoms with van der Waals surface area (Å²) in [6.45, 7) is 1.27. The van der Waals surface area contributed by atoms with Crippen LogP contribution in [0, 0.1) is 0 Å². The molecule has 0 radical (unpaired) electrons. The Balaban J connectivity index is 1.18. The number of benzene rings is 5. The van der Waals surface area contributed by atoms with Crippen LogP contribution >= 0.6 is 0 Å². The zero-order valence-corrected chi connectivity index (χ0v) is 29.5. The van der Waals surface area contributed by atoms with Gasteiger partial charge in [0.1, 0.15) is 58.4 Å². The summed E-state index contributed by atoms with van der Waals surface area (Å²) in [7, 11) is 3.14. The summed E-state index contributed by atoms with van der Waals surface area (Å²) in [5.74, 6) is 1.94. The van der Waals surface area contributed by atoms with E-state index in [2.05, 4.69) is 0 Å². The Hall–Kier alpha value is -5.45. The van der Waals surface area contributed by atoms with Crippen LogP contribution in [-0.4, -0.2) is 45.2 Å². The minimum Gasteiger partial charge on any atom is -0.497 e. The van der Waals surface area contributed by atoms with Crippen molar-refractivity contribution in [1.29, 1.82) is 0 Å². The van der Waals surface area contributed by atoms with Gasteiger partial charge in [0.25, 0.3) is 0 Å². The van der Waals surface area contributed by atoms with E-state index in [1.165, 1.54) is 13.2 Å². The predicted molar refractivity (Wildman–Crippen MR) is 199 cm³/mol. The van der Waals surface area contributed by atoms with Crippen LogP contribution < -0.4 is 19.6 Å². The smallest absolute Gasteiger partial charge is 0.197 e. The summed E-state index contributed by atoms with van der Waals surface area (Å²) < 4.78 is 51.1. The predicted octanol–water partition coefficient (Wildman–Crippen LogP) is 8.07. The fourth-order valence-electron chi connectivity index (χ4n) is 7.11. The van der Waals surface area contributed by atoms with Crippen LogP contribution in [0.3, 0.4) is 0 Å². The number of hydrogen-bond acceptors (Lipinski definition) is 9. The van der Waals surface area contributed by atoms with Gasteiger partial charge in [-0.1, -0.05) is 91.0 Å². The van der Waals surface area contributed by atoms with E-state index in [0.29, 0.717) is 59.4 Å². The standard InChI is InChI=1S/C44H40O9/c1-46-32-20-18-31(19-21-32)34-22-33(45)38-35(51-34)23-36-39(41(38)47-2)42-44(52-36)43(50-26-30-16-10-5-11-17-30)40(49-25-29-14-8-4-9-15-29)37(53-42)27-48-24-28-12-6-3-7-13-28/h3-23,37,40,42-44H,24-27H2,1-2H3/t37-,40-,42+,43+,44-/m1/s1. The molecule has 6 aromatic rings. The first-order chi connectivity index (χ1) is 26.1. The Morgan fingerprint density at radius 2 is 1.26 bits per heavy atom. The molecule has 0 bridgehead atoms. The van der Waals surface area contributed by atoms with Crippen molar-refractivity contribution in [1.82, 2.24) is 0 Å². The van der Waals surface area contributed by atoms with Crippen LogP contribution in [0.5, 0.6) is 17.2 Å². The van der Waals surface area contributed by atoms with Gasteiger partial charge in [0.05, 0.1) is 46.2 Å². The van der Waals surface area contributed by atoms with Gasteiger partial charge in [-0.05, 0) is 41.0 Å². The Morgan fingerprint density at radius 1 is 0.660 bits per heavy atom. The molecule has 9 heteroatoms. The third kappa shape index (κ3) is 7.29. The normalized spacial score (nSPS) is 20.4. The molecule has 1 fully saturated rings. The Kier molecular flexibility index (Phi) is 10.2. The molecule has 5 atom stereocenters. The summed E-state index contributed by atoms with van der Waals surface area (Å²) in [5.41, 5.74) is 4.50. The third-order valence-electron chi connectivity index (χ3n) is 9.70. The van der Waals surface area contributed by atoms with Crippen molar-refractivity contribution in [3.05, 3.63) is 160 Å². The zero-order chi connectivity index (χ0) is 36.1. The van der Waals surface area contributed by atoms with Crippen LogP contribution in [-0.2, 0) is 38.8 Å². The first-order valence-electron chi connectivity index (χ1n) is 17.7. The average molecular weight is 713 g/mol. The summed E-state index contributed by atoms with van der Waals surface area (Å²) in [6.07, 6.45) is -3.03. The fourth-order valence-corrected chi connectivity index (χ4v) is 7.11. The molecule has 1 aromatic heterocycles. The molecule has 0 unspecified atom stereocenters. The van der Waals surface area contributed by atoms with Gasteiger partial charge in [-0.3, -0.25) is 4.79 Å². The van der Waals surface area contributed by atoms with Crippen molar-refractivity contribution in [2.45, 2.75) is 50.3 Å². The second-order valence-electron chi connectivity index (χ2n) is 13.1.